The smallest absolute Gasteiger partial charge is 0.462 e. The second-order valence-electron chi connectivity index (χ2n) is 16.4. The van der Waals surface area contributed by atoms with E-state index >= 15 is 0 Å². The van der Waals surface area contributed by atoms with Crippen LogP contribution in [0.1, 0.15) is 206 Å². The summed E-state index contributed by atoms with van der Waals surface area (Å²) in [5, 5.41) is 0. The molecular formula is C44H87NO8P+. The highest BCUT2D eigenvalue weighted by molar-refractivity contribution is 7.47. The zero-order valence-corrected chi connectivity index (χ0v) is 36.9. The number of carbonyl (C=O) groups is 2. The number of phosphoric acid groups is 1. The number of carbonyl (C=O) groups excluding carboxylic acids is 2. The average molecular weight is 789 g/mol. The third-order valence-corrected chi connectivity index (χ3v) is 10.8. The molecule has 2 atom stereocenters. The Hall–Kier alpha value is -1.25. The van der Waals surface area contributed by atoms with Gasteiger partial charge >= 0.3 is 19.8 Å². The maximum Gasteiger partial charge on any atom is 0.472 e. The molecule has 0 rings (SSSR count). The van der Waals surface area contributed by atoms with Crippen molar-refractivity contribution in [3.63, 3.8) is 0 Å². The molecule has 0 heterocycles. The van der Waals surface area contributed by atoms with Crippen LogP contribution >= 0.6 is 7.82 Å². The number of unbranched alkanes of at least 4 members (excludes halogenated alkanes) is 25. The maximum atomic E-state index is 12.7. The van der Waals surface area contributed by atoms with Crippen LogP contribution < -0.4 is 0 Å². The number of quaternary nitrogens is 1. The van der Waals surface area contributed by atoms with Gasteiger partial charge in [0.15, 0.2) is 6.10 Å². The summed E-state index contributed by atoms with van der Waals surface area (Å²) in [7, 11) is 1.48. The zero-order chi connectivity index (χ0) is 40.0. The summed E-state index contributed by atoms with van der Waals surface area (Å²) in [6.45, 7) is 4.43. The number of hydrogen-bond donors (Lipinski definition) is 1. The van der Waals surface area contributed by atoms with Crippen LogP contribution in [0.3, 0.4) is 0 Å². The number of ether oxygens (including phenoxy) is 2. The Kier molecular flexibility index (Phi) is 36.5. The molecule has 0 aliphatic heterocycles. The summed E-state index contributed by atoms with van der Waals surface area (Å²) in [5.41, 5.74) is 0. The first-order chi connectivity index (χ1) is 26.0. The summed E-state index contributed by atoms with van der Waals surface area (Å²) in [4.78, 5) is 35.3. The highest BCUT2D eigenvalue weighted by Crippen LogP contribution is 2.43. The van der Waals surface area contributed by atoms with Gasteiger partial charge in [-0.2, -0.15) is 0 Å². The summed E-state index contributed by atoms with van der Waals surface area (Å²) in [5.74, 6) is -0.796. The molecule has 0 aromatic carbocycles. The van der Waals surface area contributed by atoms with Crippen molar-refractivity contribution >= 4 is 19.8 Å². The Labute approximate surface area is 333 Å². The van der Waals surface area contributed by atoms with E-state index < -0.39 is 26.5 Å². The van der Waals surface area contributed by atoms with Crippen molar-refractivity contribution < 1.29 is 42.1 Å². The molecule has 0 saturated heterocycles. The molecule has 0 saturated carbocycles. The number of likely N-dealkylation sites (N-methyl/N-ethyl adjacent to an activating group) is 1. The highest BCUT2D eigenvalue weighted by atomic mass is 31.2. The number of phosphoric ester groups is 1. The number of rotatable bonds is 41. The van der Waals surface area contributed by atoms with Gasteiger partial charge in [-0.3, -0.25) is 18.6 Å². The third kappa shape index (κ3) is 40.4. The molecule has 0 amide bonds. The predicted octanol–water partition coefficient (Wildman–Crippen LogP) is 12.6. The van der Waals surface area contributed by atoms with Gasteiger partial charge in [0.05, 0.1) is 27.7 Å². The van der Waals surface area contributed by atoms with Crippen molar-refractivity contribution in [2.45, 2.75) is 213 Å². The fourth-order valence-electron chi connectivity index (χ4n) is 6.24. The predicted molar refractivity (Wildman–Crippen MR) is 224 cm³/mol. The molecule has 9 nitrogen and oxygen atoms in total. The van der Waals surface area contributed by atoms with E-state index in [2.05, 4.69) is 26.0 Å². The molecule has 0 spiro atoms. The van der Waals surface area contributed by atoms with E-state index in [4.69, 9.17) is 18.5 Å². The lowest BCUT2D eigenvalue weighted by atomic mass is 10.1. The lowest BCUT2D eigenvalue weighted by Crippen LogP contribution is -2.37. The lowest BCUT2D eigenvalue weighted by molar-refractivity contribution is -0.870. The van der Waals surface area contributed by atoms with Crippen molar-refractivity contribution in [2.75, 3.05) is 47.5 Å². The van der Waals surface area contributed by atoms with Gasteiger partial charge < -0.3 is 18.9 Å². The van der Waals surface area contributed by atoms with Crippen LogP contribution in [-0.2, 0) is 32.7 Å². The summed E-state index contributed by atoms with van der Waals surface area (Å²) >= 11 is 0. The largest absolute Gasteiger partial charge is 0.472 e. The van der Waals surface area contributed by atoms with E-state index in [0.29, 0.717) is 23.9 Å². The summed E-state index contributed by atoms with van der Waals surface area (Å²) in [6.07, 6.45) is 38.3. The van der Waals surface area contributed by atoms with Gasteiger partial charge in [-0.25, -0.2) is 4.57 Å². The molecule has 54 heavy (non-hydrogen) atoms. The van der Waals surface area contributed by atoms with Crippen molar-refractivity contribution in [1.29, 1.82) is 0 Å². The number of hydrogen-bond acceptors (Lipinski definition) is 7. The number of esters is 2. The molecule has 0 aromatic rings. The van der Waals surface area contributed by atoms with Crippen LogP contribution in [-0.4, -0.2) is 74.9 Å². The van der Waals surface area contributed by atoms with Gasteiger partial charge in [0.1, 0.15) is 19.8 Å². The van der Waals surface area contributed by atoms with Crippen molar-refractivity contribution in [1.82, 2.24) is 0 Å². The van der Waals surface area contributed by atoms with Gasteiger partial charge in [0, 0.05) is 12.8 Å². The summed E-state index contributed by atoms with van der Waals surface area (Å²) < 4.78 is 34.3. The molecule has 0 aromatic heterocycles. The van der Waals surface area contributed by atoms with Gasteiger partial charge in [-0.05, 0) is 38.5 Å². The topological polar surface area (TPSA) is 108 Å². The Morgan fingerprint density at radius 1 is 0.556 bits per heavy atom. The first-order valence-corrected chi connectivity index (χ1v) is 23.9. The van der Waals surface area contributed by atoms with Crippen LogP contribution in [0, 0.1) is 0 Å². The van der Waals surface area contributed by atoms with Gasteiger partial charge in [-0.1, -0.05) is 167 Å². The molecule has 0 fully saturated rings. The van der Waals surface area contributed by atoms with Crippen LogP contribution in [0.25, 0.3) is 0 Å². The molecular weight excluding hydrogens is 701 g/mol. The average Bonchev–Trinajstić information content (AvgIpc) is 3.12. The molecule has 0 aliphatic rings. The number of allylic oxidation sites excluding steroid dienone is 2. The Balaban J connectivity index is 4.29. The van der Waals surface area contributed by atoms with Crippen LogP contribution in [0.5, 0.6) is 0 Å². The maximum absolute atomic E-state index is 12.7. The van der Waals surface area contributed by atoms with E-state index in [0.717, 1.165) is 44.9 Å². The molecule has 0 aliphatic carbocycles. The van der Waals surface area contributed by atoms with Crippen LogP contribution in [0.4, 0.5) is 0 Å². The lowest BCUT2D eigenvalue weighted by Gasteiger charge is -2.24. The SMILES string of the molecule is CCCCCCCCCC/C=C\CCCCCCCCCC(=O)O[C@H](COC(=O)CCCCCCCCCCCCC)COP(=O)(O)OCC[N+](C)(C)C. The van der Waals surface area contributed by atoms with E-state index in [1.165, 1.54) is 128 Å². The highest BCUT2D eigenvalue weighted by Gasteiger charge is 2.27. The molecule has 1 unspecified atom stereocenters. The van der Waals surface area contributed by atoms with Crippen LogP contribution in [0.15, 0.2) is 12.2 Å². The van der Waals surface area contributed by atoms with Gasteiger partial charge in [0.2, 0.25) is 0 Å². The number of nitrogens with zero attached hydrogens (tertiary/aromatic N) is 1. The van der Waals surface area contributed by atoms with E-state index in [1.54, 1.807) is 0 Å². The van der Waals surface area contributed by atoms with E-state index in [9.17, 15) is 19.0 Å². The fourth-order valence-corrected chi connectivity index (χ4v) is 6.99. The van der Waals surface area contributed by atoms with E-state index in [1.807, 2.05) is 21.1 Å². The second-order valence-corrected chi connectivity index (χ2v) is 17.9. The van der Waals surface area contributed by atoms with Gasteiger partial charge in [-0.15, -0.1) is 0 Å². The minimum absolute atomic E-state index is 0.0339. The molecule has 1 N–H and O–H groups in total. The molecule has 10 heteroatoms. The Morgan fingerprint density at radius 3 is 1.37 bits per heavy atom. The fraction of sp³-hybridized carbons (Fsp3) is 0.909. The second kappa shape index (κ2) is 37.3. The molecule has 0 bridgehead atoms. The minimum Gasteiger partial charge on any atom is -0.462 e. The standard InChI is InChI=1S/C44H86NO8P/c1-6-8-10-12-14-16-18-19-20-21-22-23-24-25-27-29-31-33-35-37-44(47)53-42(41-52-54(48,49)51-39-38-45(3,4)5)40-50-43(46)36-34-32-30-28-26-17-15-13-11-9-7-2/h21-22,42H,6-20,23-41H2,1-5H3/p+1/b22-21-/t42-/m1/s1. The van der Waals surface area contributed by atoms with Crippen molar-refractivity contribution in [2.24, 2.45) is 0 Å². The third-order valence-electron chi connectivity index (χ3n) is 9.80. The quantitative estimate of drug-likeness (QED) is 0.0214. The normalized spacial score (nSPS) is 13.7. The van der Waals surface area contributed by atoms with E-state index in [-0.39, 0.29) is 25.6 Å². The first-order valence-electron chi connectivity index (χ1n) is 22.4. The monoisotopic (exact) mass is 789 g/mol. The van der Waals surface area contributed by atoms with Gasteiger partial charge in [0.25, 0.3) is 0 Å². The Morgan fingerprint density at radius 2 is 0.944 bits per heavy atom. The molecule has 0 radical (unpaired) electrons. The van der Waals surface area contributed by atoms with Crippen molar-refractivity contribution in [3.8, 4) is 0 Å². The Bertz CT molecular complexity index is 938. The van der Waals surface area contributed by atoms with Crippen LogP contribution in [0.2, 0.25) is 0 Å². The minimum atomic E-state index is -4.37. The zero-order valence-electron chi connectivity index (χ0n) is 36.0. The molecule has 320 valence electrons. The van der Waals surface area contributed by atoms with Crippen molar-refractivity contribution in [3.05, 3.63) is 12.2 Å². The first kappa shape index (κ1) is 52.8. The summed E-state index contributed by atoms with van der Waals surface area (Å²) in [6, 6.07) is 0.